The summed E-state index contributed by atoms with van der Waals surface area (Å²) >= 11 is 1.60. The van der Waals surface area contributed by atoms with Gasteiger partial charge in [-0.2, -0.15) is 31.4 Å². The topological polar surface area (TPSA) is 144 Å². The molecule has 0 radical (unpaired) electrons. The Morgan fingerprint density at radius 1 is 1.08 bits per heavy atom. The molecule has 5 N–H and O–H groups in total. The number of hydrogen-bond acceptors (Lipinski definition) is 6. The van der Waals surface area contributed by atoms with Crippen LogP contribution in [-0.2, 0) is 16.0 Å². The molecule has 1 aliphatic heterocycles. The molecule has 0 spiro atoms. The molecular formula is C20H24F6N4O5S. The van der Waals surface area contributed by atoms with Gasteiger partial charge in [0, 0.05) is 23.2 Å². The van der Waals surface area contributed by atoms with Crippen molar-refractivity contribution in [3.63, 3.8) is 0 Å². The van der Waals surface area contributed by atoms with E-state index in [-0.39, 0.29) is 5.91 Å². The number of rotatable bonds is 5. The SMILES string of the molecule is Cc1n[nH]c(C)c1CCNC(=O)c1ccc(C2CCCN2)s1.O=C(O)C(F)(F)F.O=C(O)C(F)(F)F. The van der Waals surface area contributed by atoms with Gasteiger partial charge in [0.1, 0.15) is 0 Å². The molecule has 1 aliphatic rings. The first kappa shape index (κ1) is 30.9. The maximum atomic E-state index is 12.2. The monoisotopic (exact) mass is 546 g/mol. The lowest BCUT2D eigenvalue weighted by atomic mass is 10.1. The summed E-state index contributed by atoms with van der Waals surface area (Å²) in [6, 6.07) is 4.44. The third-order valence-corrected chi connectivity index (χ3v) is 5.88. The minimum absolute atomic E-state index is 0.0213. The van der Waals surface area contributed by atoms with Gasteiger partial charge >= 0.3 is 24.3 Å². The lowest BCUT2D eigenvalue weighted by Gasteiger charge is -2.06. The second kappa shape index (κ2) is 13.2. The van der Waals surface area contributed by atoms with Crippen molar-refractivity contribution < 1.29 is 50.9 Å². The standard InChI is InChI=1S/C16H22N4OS.2C2HF3O2/c1-10-12(11(2)20-19-10)7-9-18-16(21)15-6-5-14(22-15)13-4-3-8-17-13;2*3-2(4,5)1(6)7/h5-6,13,17H,3-4,7-9H2,1-2H3,(H,18,21)(H,19,20);2*(H,6,7). The number of aliphatic carboxylic acids is 2. The predicted molar refractivity (Wildman–Crippen MR) is 116 cm³/mol. The number of carboxylic acid groups (broad SMARTS) is 2. The van der Waals surface area contributed by atoms with Crippen LogP contribution in [-0.4, -0.2) is 63.7 Å². The molecule has 0 bridgehead atoms. The van der Waals surface area contributed by atoms with E-state index in [1.54, 1.807) is 11.3 Å². The largest absolute Gasteiger partial charge is 0.490 e. The van der Waals surface area contributed by atoms with E-state index in [4.69, 9.17) is 19.8 Å². The molecule has 1 saturated heterocycles. The van der Waals surface area contributed by atoms with E-state index in [0.29, 0.717) is 12.6 Å². The van der Waals surface area contributed by atoms with Crippen LogP contribution in [0, 0.1) is 13.8 Å². The molecule has 0 saturated carbocycles. The van der Waals surface area contributed by atoms with Crippen molar-refractivity contribution in [3.05, 3.63) is 38.8 Å². The molecule has 1 amide bonds. The number of nitrogens with zero attached hydrogens (tertiary/aromatic N) is 1. The Labute approximate surface area is 204 Å². The van der Waals surface area contributed by atoms with Gasteiger partial charge in [-0.15, -0.1) is 11.3 Å². The van der Waals surface area contributed by atoms with Crippen molar-refractivity contribution in [2.45, 2.75) is 51.5 Å². The first-order valence-electron chi connectivity index (χ1n) is 10.3. The summed E-state index contributed by atoms with van der Waals surface area (Å²) in [6.07, 6.45) is -6.98. The first-order chi connectivity index (χ1) is 16.5. The average Bonchev–Trinajstić information content (AvgIpc) is 3.51. The molecule has 36 heavy (non-hydrogen) atoms. The van der Waals surface area contributed by atoms with Gasteiger partial charge in [-0.1, -0.05) is 0 Å². The highest BCUT2D eigenvalue weighted by Gasteiger charge is 2.38. The number of carbonyl (C=O) groups is 3. The van der Waals surface area contributed by atoms with Gasteiger partial charge in [0.25, 0.3) is 5.91 Å². The van der Waals surface area contributed by atoms with Crippen LogP contribution in [0.4, 0.5) is 26.3 Å². The Morgan fingerprint density at radius 3 is 2.06 bits per heavy atom. The van der Waals surface area contributed by atoms with Crippen LogP contribution in [0.2, 0.25) is 0 Å². The van der Waals surface area contributed by atoms with Crippen LogP contribution >= 0.6 is 11.3 Å². The maximum absolute atomic E-state index is 12.2. The van der Waals surface area contributed by atoms with Gasteiger partial charge in [0.05, 0.1) is 10.6 Å². The van der Waals surface area contributed by atoms with Crippen molar-refractivity contribution in [2.75, 3.05) is 13.1 Å². The minimum atomic E-state index is -5.08. The zero-order valence-electron chi connectivity index (χ0n) is 19.0. The van der Waals surface area contributed by atoms with Crippen LogP contribution in [0.15, 0.2) is 12.1 Å². The molecule has 0 aliphatic carbocycles. The van der Waals surface area contributed by atoms with Crippen molar-refractivity contribution in [1.82, 2.24) is 20.8 Å². The van der Waals surface area contributed by atoms with Crippen molar-refractivity contribution in [1.29, 1.82) is 0 Å². The first-order valence-corrected chi connectivity index (χ1v) is 11.1. The number of carbonyl (C=O) groups excluding carboxylic acids is 1. The summed E-state index contributed by atoms with van der Waals surface area (Å²) < 4.78 is 63.5. The molecule has 0 aromatic carbocycles. The molecule has 202 valence electrons. The summed E-state index contributed by atoms with van der Waals surface area (Å²) in [5, 5.41) is 27.9. The van der Waals surface area contributed by atoms with Gasteiger partial charge in [0.15, 0.2) is 0 Å². The smallest absolute Gasteiger partial charge is 0.475 e. The number of nitrogens with one attached hydrogen (secondary N) is 3. The number of hydrogen-bond donors (Lipinski definition) is 5. The number of aromatic amines is 1. The van der Waals surface area contributed by atoms with E-state index in [0.717, 1.165) is 29.2 Å². The number of amides is 1. The number of carboxylic acids is 2. The van der Waals surface area contributed by atoms with Crippen molar-refractivity contribution in [3.8, 4) is 0 Å². The Bertz CT molecular complexity index is 985. The molecule has 1 atom stereocenters. The third-order valence-electron chi connectivity index (χ3n) is 4.68. The summed E-state index contributed by atoms with van der Waals surface area (Å²) in [5.74, 6) is -5.49. The number of aromatic nitrogens is 2. The Morgan fingerprint density at radius 2 is 1.64 bits per heavy atom. The fourth-order valence-corrected chi connectivity index (χ4v) is 3.95. The molecular weight excluding hydrogens is 522 g/mol. The normalized spacial score (nSPS) is 15.3. The quantitative estimate of drug-likeness (QED) is 0.359. The van der Waals surface area contributed by atoms with E-state index < -0.39 is 24.3 Å². The Balaban J connectivity index is 0.000000383. The van der Waals surface area contributed by atoms with Crippen molar-refractivity contribution >= 4 is 29.2 Å². The summed E-state index contributed by atoms with van der Waals surface area (Å²) in [5.41, 5.74) is 3.29. The van der Waals surface area contributed by atoms with E-state index >= 15 is 0 Å². The average molecular weight is 546 g/mol. The molecule has 1 unspecified atom stereocenters. The zero-order chi connectivity index (χ0) is 27.7. The van der Waals surface area contributed by atoms with Gasteiger partial charge < -0.3 is 20.8 Å². The number of thiophene rings is 1. The maximum Gasteiger partial charge on any atom is 0.490 e. The van der Waals surface area contributed by atoms with Crippen LogP contribution in [0.25, 0.3) is 0 Å². The second-order valence-electron chi connectivity index (χ2n) is 7.38. The molecule has 2 aromatic heterocycles. The van der Waals surface area contributed by atoms with E-state index in [2.05, 4.69) is 26.9 Å². The number of aryl methyl sites for hydroxylation is 2. The summed E-state index contributed by atoms with van der Waals surface area (Å²) in [7, 11) is 0. The summed E-state index contributed by atoms with van der Waals surface area (Å²) in [4.78, 5) is 32.1. The molecule has 1 fully saturated rings. The molecule has 2 aromatic rings. The van der Waals surface area contributed by atoms with Crippen LogP contribution < -0.4 is 10.6 Å². The van der Waals surface area contributed by atoms with E-state index in [1.807, 2.05) is 19.9 Å². The number of halogens is 6. The lowest BCUT2D eigenvalue weighted by molar-refractivity contribution is -0.193. The van der Waals surface area contributed by atoms with Crippen LogP contribution in [0.1, 0.15) is 50.4 Å². The van der Waals surface area contributed by atoms with E-state index in [1.165, 1.54) is 23.3 Å². The minimum Gasteiger partial charge on any atom is -0.475 e. The zero-order valence-corrected chi connectivity index (χ0v) is 19.8. The number of alkyl halides is 6. The fourth-order valence-electron chi connectivity index (χ4n) is 2.92. The van der Waals surface area contributed by atoms with Crippen LogP contribution in [0.5, 0.6) is 0 Å². The molecule has 3 rings (SSSR count). The van der Waals surface area contributed by atoms with Crippen LogP contribution in [0.3, 0.4) is 0 Å². The summed E-state index contributed by atoms with van der Waals surface area (Å²) in [6.45, 7) is 5.71. The predicted octanol–water partition coefficient (Wildman–Crippen LogP) is 3.75. The van der Waals surface area contributed by atoms with Crippen molar-refractivity contribution in [2.24, 2.45) is 0 Å². The number of H-pyrrole nitrogens is 1. The van der Waals surface area contributed by atoms with Gasteiger partial charge in [-0.3, -0.25) is 9.89 Å². The van der Waals surface area contributed by atoms with Gasteiger partial charge in [-0.25, -0.2) is 9.59 Å². The van der Waals surface area contributed by atoms with E-state index in [9.17, 15) is 31.1 Å². The highest BCUT2D eigenvalue weighted by atomic mass is 32.1. The highest BCUT2D eigenvalue weighted by Crippen LogP contribution is 2.29. The fraction of sp³-hybridized carbons (Fsp3) is 0.500. The molecule has 16 heteroatoms. The Kier molecular flexibility index (Phi) is 11.4. The third kappa shape index (κ3) is 10.2. The lowest BCUT2D eigenvalue weighted by Crippen LogP contribution is -2.25. The van der Waals surface area contributed by atoms with Gasteiger partial charge in [0.2, 0.25) is 0 Å². The highest BCUT2D eigenvalue weighted by molar-refractivity contribution is 7.14. The second-order valence-corrected chi connectivity index (χ2v) is 8.49. The molecule has 9 nitrogen and oxygen atoms in total. The molecule has 3 heterocycles. The van der Waals surface area contributed by atoms with Gasteiger partial charge in [-0.05, 0) is 57.4 Å². The Hall–Kier alpha value is -3.14.